The molecule has 0 amide bonds. The smallest absolute Gasteiger partial charge is 0.338 e. The lowest BCUT2D eigenvalue weighted by atomic mass is 10.1. The highest BCUT2D eigenvalue weighted by molar-refractivity contribution is 7.89. The zero-order valence-corrected chi connectivity index (χ0v) is 18.3. The maximum Gasteiger partial charge on any atom is 0.338 e. The SMILES string of the molecule is COc1ccc(C(=O)OCCOc2ccc(Cl)cc2)cc1S(=O)(=O)NC(C)(C)C. The van der Waals surface area contributed by atoms with Gasteiger partial charge in [0.15, 0.2) is 0 Å². The minimum Gasteiger partial charge on any atom is -0.495 e. The van der Waals surface area contributed by atoms with Crippen molar-refractivity contribution in [3.63, 3.8) is 0 Å². The highest BCUT2D eigenvalue weighted by Crippen LogP contribution is 2.26. The number of halogens is 1. The van der Waals surface area contributed by atoms with Gasteiger partial charge in [0.25, 0.3) is 0 Å². The van der Waals surface area contributed by atoms with Crippen molar-refractivity contribution >= 4 is 27.6 Å². The van der Waals surface area contributed by atoms with Crippen molar-refractivity contribution in [2.45, 2.75) is 31.2 Å². The number of ether oxygens (including phenoxy) is 3. The lowest BCUT2D eigenvalue weighted by molar-refractivity contribution is 0.0450. The summed E-state index contributed by atoms with van der Waals surface area (Å²) in [7, 11) is -2.54. The number of carbonyl (C=O) groups is 1. The fourth-order valence-electron chi connectivity index (χ4n) is 2.38. The van der Waals surface area contributed by atoms with Crippen LogP contribution in [0.4, 0.5) is 0 Å². The first-order valence-corrected chi connectivity index (χ1v) is 10.7. The van der Waals surface area contributed by atoms with E-state index in [0.29, 0.717) is 10.8 Å². The van der Waals surface area contributed by atoms with Gasteiger partial charge in [-0.2, -0.15) is 0 Å². The Bertz CT molecular complexity index is 952. The Labute approximate surface area is 176 Å². The van der Waals surface area contributed by atoms with Crippen LogP contribution in [0.25, 0.3) is 0 Å². The summed E-state index contributed by atoms with van der Waals surface area (Å²) in [6, 6.07) is 10.9. The molecule has 0 radical (unpaired) electrons. The first-order valence-electron chi connectivity index (χ1n) is 8.79. The molecule has 0 aliphatic rings. The predicted molar refractivity (Wildman–Crippen MR) is 110 cm³/mol. The highest BCUT2D eigenvalue weighted by Gasteiger charge is 2.26. The summed E-state index contributed by atoms with van der Waals surface area (Å²) in [4.78, 5) is 12.2. The predicted octanol–water partition coefficient (Wildman–Crippen LogP) is 3.66. The molecular weight excluding hydrogens is 418 g/mol. The minimum absolute atomic E-state index is 0.00415. The maximum atomic E-state index is 12.7. The largest absolute Gasteiger partial charge is 0.495 e. The van der Waals surface area contributed by atoms with Crippen LogP contribution in [0.2, 0.25) is 5.02 Å². The van der Waals surface area contributed by atoms with E-state index in [4.69, 9.17) is 25.8 Å². The summed E-state index contributed by atoms with van der Waals surface area (Å²) >= 11 is 5.80. The summed E-state index contributed by atoms with van der Waals surface area (Å²) in [5.41, 5.74) is -0.606. The Morgan fingerprint density at radius 2 is 1.72 bits per heavy atom. The number of methoxy groups -OCH3 is 1. The number of sulfonamides is 1. The van der Waals surface area contributed by atoms with Gasteiger partial charge in [-0.05, 0) is 63.2 Å². The summed E-state index contributed by atoms with van der Waals surface area (Å²) in [5.74, 6) is 0.0560. The van der Waals surface area contributed by atoms with Crippen molar-refractivity contribution < 1.29 is 27.4 Å². The number of hydrogen-bond acceptors (Lipinski definition) is 6. The van der Waals surface area contributed by atoms with Crippen LogP contribution in [0.15, 0.2) is 47.4 Å². The molecule has 1 N–H and O–H groups in total. The van der Waals surface area contributed by atoms with Gasteiger partial charge in [-0.3, -0.25) is 0 Å². The van der Waals surface area contributed by atoms with Crippen LogP contribution in [0.3, 0.4) is 0 Å². The van der Waals surface area contributed by atoms with Crippen molar-refractivity contribution in [2.24, 2.45) is 0 Å². The molecule has 0 aliphatic carbocycles. The van der Waals surface area contributed by atoms with Gasteiger partial charge in [-0.1, -0.05) is 11.6 Å². The van der Waals surface area contributed by atoms with E-state index in [2.05, 4.69) is 4.72 Å². The second kappa shape index (κ2) is 9.47. The molecule has 2 aromatic carbocycles. The van der Waals surface area contributed by atoms with E-state index in [0.717, 1.165) is 0 Å². The van der Waals surface area contributed by atoms with Gasteiger partial charge in [0.2, 0.25) is 10.0 Å². The molecule has 9 heteroatoms. The molecule has 0 atom stereocenters. The van der Waals surface area contributed by atoms with Crippen molar-refractivity contribution in [1.82, 2.24) is 4.72 Å². The maximum absolute atomic E-state index is 12.7. The summed E-state index contributed by atoms with van der Waals surface area (Å²) < 4.78 is 43.6. The van der Waals surface area contributed by atoms with Gasteiger partial charge in [-0.15, -0.1) is 0 Å². The topological polar surface area (TPSA) is 90.9 Å². The zero-order chi connectivity index (χ0) is 21.7. The van der Waals surface area contributed by atoms with Crippen molar-refractivity contribution in [2.75, 3.05) is 20.3 Å². The summed E-state index contributed by atoms with van der Waals surface area (Å²) in [6.07, 6.45) is 0. The molecule has 0 fully saturated rings. The van der Waals surface area contributed by atoms with Gasteiger partial charge in [0.1, 0.15) is 29.6 Å². The van der Waals surface area contributed by atoms with E-state index in [1.807, 2.05) is 0 Å². The first-order chi connectivity index (χ1) is 13.5. The molecule has 0 spiro atoms. The average Bonchev–Trinajstić information content (AvgIpc) is 2.64. The molecule has 0 bridgehead atoms. The van der Waals surface area contributed by atoms with Crippen LogP contribution in [0.1, 0.15) is 31.1 Å². The van der Waals surface area contributed by atoms with Gasteiger partial charge >= 0.3 is 5.97 Å². The monoisotopic (exact) mass is 441 g/mol. The fraction of sp³-hybridized carbons (Fsp3) is 0.350. The Morgan fingerprint density at radius 3 is 2.31 bits per heavy atom. The normalized spacial score (nSPS) is 11.8. The Hall–Kier alpha value is -2.29. The fourth-order valence-corrected chi connectivity index (χ4v) is 4.12. The van der Waals surface area contributed by atoms with Crippen LogP contribution < -0.4 is 14.2 Å². The van der Waals surface area contributed by atoms with E-state index in [1.54, 1.807) is 45.0 Å². The molecule has 0 saturated carbocycles. The quantitative estimate of drug-likeness (QED) is 0.496. The molecule has 2 aromatic rings. The van der Waals surface area contributed by atoms with Crippen molar-refractivity contribution in [3.8, 4) is 11.5 Å². The first kappa shape index (κ1) is 23.0. The third kappa shape index (κ3) is 6.92. The average molecular weight is 442 g/mol. The number of benzene rings is 2. The standard InChI is InChI=1S/C20H24ClNO6S/c1-20(2,3)22-29(24,25)18-13-14(5-10-17(18)26-4)19(23)28-12-11-27-16-8-6-15(21)7-9-16/h5-10,13,22H,11-12H2,1-4H3. The third-order valence-corrected chi connectivity index (χ3v) is 5.56. The third-order valence-electron chi connectivity index (χ3n) is 3.53. The second-order valence-electron chi connectivity index (χ2n) is 7.16. The van der Waals surface area contributed by atoms with Crippen LogP contribution in [0, 0.1) is 0 Å². The number of rotatable bonds is 8. The molecule has 0 heterocycles. The Kier molecular flexibility index (Phi) is 7.51. The molecule has 7 nitrogen and oxygen atoms in total. The van der Waals surface area contributed by atoms with E-state index in [-0.39, 0.29) is 29.4 Å². The van der Waals surface area contributed by atoms with E-state index < -0.39 is 21.5 Å². The number of nitrogens with one attached hydrogen (secondary N) is 1. The lowest BCUT2D eigenvalue weighted by Gasteiger charge is -2.21. The van der Waals surface area contributed by atoms with Crippen LogP contribution in [0.5, 0.6) is 11.5 Å². The van der Waals surface area contributed by atoms with Crippen LogP contribution in [-0.2, 0) is 14.8 Å². The van der Waals surface area contributed by atoms with E-state index in [1.165, 1.54) is 25.3 Å². The van der Waals surface area contributed by atoms with Crippen molar-refractivity contribution in [1.29, 1.82) is 0 Å². The van der Waals surface area contributed by atoms with Gasteiger partial charge in [-0.25, -0.2) is 17.9 Å². The molecule has 0 unspecified atom stereocenters. The molecule has 0 saturated heterocycles. The van der Waals surface area contributed by atoms with Gasteiger partial charge in [0, 0.05) is 10.6 Å². The molecule has 0 aliphatic heterocycles. The minimum atomic E-state index is -3.90. The number of carbonyl (C=O) groups excluding carboxylic acids is 1. The van der Waals surface area contributed by atoms with Crippen LogP contribution in [-0.4, -0.2) is 40.2 Å². The molecule has 158 valence electrons. The number of esters is 1. The molecule has 29 heavy (non-hydrogen) atoms. The molecule has 0 aromatic heterocycles. The Balaban J connectivity index is 2.05. The van der Waals surface area contributed by atoms with E-state index in [9.17, 15) is 13.2 Å². The zero-order valence-electron chi connectivity index (χ0n) is 16.7. The summed E-state index contributed by atoms with van der Waals surface area (Å²) in [6.45, 7) is 5.29. The van der Waals surface area contributed by atoms with Crippen LogP contribution >= 0.6 is 11.6 Å². The lowest BCUT2D eigenvalue weighted by Crippen LogP contribution is -2.40. The Morgan fingerprint density at radius 1 is 1.07 bits per heavy atom. The van der Waals surface area contributed by atoms with Gasteiger partial charge in [0.05, 0.1) is 12.7 Å². The number of hydrogen-bond donors (Lipinski definition) is 1. The molecule has 2 rings (SSSR count). The van der Waals surface area contributed by atoms with Crippen molar-refractivity contribution in [3.05, 3.63) is 53.1 Å². The molecular formula is C20H24ClNO6S. The van der Waals surface area contributed by atoms with E-state index >= 15 is 0 Å². The summed E-state index contributed by atoms with van der Waals surface area (Å²) in [5, 5.41) is 0.593. The highest BCUT2D eigenvalue weighted by atomic mass is 35.5. The van der Waals surface area contributed by atoms with Gasteiger partial charge < -0.3 is 14.2 Å². The second-order valence-corrected chi connectivity index (χ2v) is 9.25.